The van der Waals surface area contributed by atoms with Crippen LogP contribution in [0.2, 0.25) is 0 Å². The Hall–Kier alpha value is -1.70. The fourth-order valence-corrected chi connectivity index (χ4v) is 1.10. The molecule has 1 aliphatic rings. The smallest absolute Gasteiger partial charge is 0.327 e. The van der Waals surface area contributed by atoms with E-state index in [1.54, 1.807) is 0 Å². The van der Waals surface area contributed by atoms with Crippen LogP contribution in [0.15, 0.2) is 0 Å². The summed E-state index contributed by atoms with van der Waals surface area (Å²) >= 11 is 0. The summed E-state index contributed by atoms with van der Waals surface area (Å²) in [5, 5.41) is 13.7. The molecule has 1 saturated carbocycles. The first-order valence-electron chi connectivity index (χ1n) is 4.72. The molecule has 0 aliphatic heterocycles. The molecule has 0 radical (unpaired) electrons. The highest BCUT2D eigenvalue weighted by molar-refractivity contribution is 5.83. The van der Waals surface area contributed by atoms with Gasteiger partial charge in [0.2, 0.25) is 0 Å². The molecule has 2 amide bonds. The zero-order valence-electron chi connectivity index (χ0n) is 8.54. The molecule has 1 aliphatic carbocycles. The maximum absolute atomic E-state index is 11.3. The van der Waals surface area contributed by atoms with Crippen LogP contribution in [0.5, 0.6) is 0 Å². The van der Waals surface area contributed by atoms with Crippen molar-refractivity contribution in [1.29, 1.82) is 0 Å². The van der Waals surface area contributed by atoms with Crippen LogP contribution in [0.4, 0.5) is 4.79 Å². The SMILES string of the molecule is C#CCC(NC(=O)NC1(C)CC1)C(=O)O. The summed E-state index contributed by atoms with van der Waals surface area (Å²) in [5.74, 6) is 1.09. The Labute approximate surface area is 88.2 Å². The molecule has 0 heterocycles. The first-order valence-corrected chi connectivity index (χ1v) is 4.72. The van der Waals surface area contributed by atoms with Crippen molar-refractivity contribution < 1.29 is 14.7 Å². The number of nitrogens with one attached hydrogen (secondary N) is 2. The van der Waals surface area contributed by atoms with Crippen LogP contribution < -0.4 is 10.6 Å². The largest absolute Gasteiger partial charge is 0.480 e. The summed E-state index contributed by atoms with van der Waals surface area (Å²) in [7, 11) is 0. The normalized spacial score (nSPS) is 18.4. The average Bonchev–Trinajstić information content (AvgIpc) is 2.82. The number of carboxylic acid groups (broad SMARTS) is 1. The van der Waals surface area contributed by atoms with Crippen LogP contribution >= 0.6 is 0 Å². The number of terminal acetylenes is 1. The van der Waals surface area contributed by atoms with Gasteiger partial charge in [-0.25, -0.2) is 9.59 Å². The molecular formula is C10H14N2O3. The van der Waals surface area contributed by atoms with Gasteiger partial charge in [-0.2, -0.15) is 0 Å². The van der Waals surface area contributed by atoms with E-state index in [1.807, 2.05) is 6.92 Å². The second-order valence-electron chi connectivity index (χ2n) is 3.96. The number of aliphatic carboxylic acids is 1. The summed E-state index contributed by atoms with van der Waals surface area (Å²) in [4.78, 5) is 22.0. The molecular weight excluding hydrogens is 196 g/mol. The number of hydrogen-bond acceptors (Lipinski definition) is 2. The number of carbonyl (C=O) groups excluding carboxylic acids is 1. The van der Waals surface area contributed by atoms with Crippen molar-refractivity contribution in [2.45, 2.75) is 37.8 Å². The predicted molar refractivity (Wildman–Crippen MR) is 54.2 cm³/mol. The Morgan fingerprint density at radius 1 is 1.60 bits per heavy atom. The van der Waals surface area contributed by atoms with Gasteiger partial charge in [-0.3, -0.25) is 0 Å². The van der Waals surface area contributed by atoms with Crippen molar-refractivity contribution in [3.63, 3.8) is 0 Å². The maximum atomic E-state index is 11.3. The van der Waals surface area contributed by atoms with Gasteiger partial charge in [0.05, 0.1) is 0 Å². The molecule has 5 nitrogen and oxygen atoms in total. The van der Waals surface area contributed by atoms with E-state index < -0.39 is 18.0 Å². The van der Waals surface area contributed by atoms with Gasteiger partial charge in [-0.05, 0) is 19.8 Å². The van der Waals surface area contributed by atoms with E-state index in [0.717, 1.165) is 12.8 Å². The van der Waals surface area contributed by atoms with Crippen molar-refractivity contribution in [1.82, 2.24) is 10.6 Å². The van der Waals surface area contributed by atoms with Crippen molar-refractivity contribution in [2.75, 3.05) is 0 Å². The van der Waals surface area contributed by atoms with Gasteiger partial charge < -0.3 is 15.7 Å². The number of carboxylic acids is 1. The van der Waals surface area contributed by atoms with Gasteiger partial charge in [0.15, 0.2) is 0 Å². The number of hydrogen-bond donors (Lipinski definition) is 3. The van der Waals surface area contributed by atoms with Gasteiger partial charge in [-0.1, -0.05) is 0 Å². The highest BCUT2D eigenvalue weighted by atomic mass is 16.4. The molecule has 1 fully saturated rings. The quantitative estimate of drug-likeness (QED) is 0.584. The Morgan fingerprint density at radius 3 is 2.60 bits per heavy atom. The lowest BCUT2D eigenvalue weighted by Gasteiger charge is -2.16. The number of amides is 2. The van der Waals surface area contributed by atoms with E-state index in [4.69, 9.17) is 11.5 Å². The lowest BCUT2D eigenvalue weighted by molar-refractivity contribution is -0.139. The summed E-state index contributed by atoms with van der Waals surface area (Å²) < 4.78 is 0. The molecule has 1 atom stereocenters. The van der Waals surface area contributed by atoms with Gasteiger partial charge in [0.25, 0.3) is 0 Å². The Morgan fingerprint density at radius 2 is 2.20 bits per heavy atom. The Bertz CT molecular complexity index is 315. The van der Waals surface area contributed by atoms with Gasteiger partial charge in [-0.15, -0.1) is 12.3 Å². The summed E-state index contributed by atoms with van der Waals surface area (Å²) in [6, 6.07) is -1.49. The van der Waals surface area contributed by atoms with Crippen LogP contribution in [0.1, 0.15) is 26.2 Å². The molecule has 5 heteroatoms. The monoisotopic (exact) mass is 210 g/mol. The van der Waals surface area contributed by atoms with Crippen molar-refractivity contribution >= 4 is 12.0 Å². The molecule has 0 aromatic carbocycles. The second kappa shape index (κ2) is 4.22. The minimum absolute atomic E-state index is 0.0144. The number of rotatable bonds is 4. The zero-order valence-corrected chi connectivity index (χ0v) is 8.54. The molecule has 0 bridgehead atoms. The van der Waals surface area contributed by atoms with Crippen LogP contribution in [0, 0.1) is 12.3 Å². The van der Waals surface area contributed by atoms with Crippen LogP contribution in [-0.2, 0) is 4.79 Å². The lowest BCUT2D eigenvalue weighted by atomic mass is 10.2. The van der Waals surface area contributed by atoms with Crippen LogP contribution in [-0.4, -0.2) is 28.7 Å². The van der Waals surface area contributed by atoms with E-state index in [1.165, 1.54) is 0 Å². The standard InChI is InChI=1S/C10H14N2O3/c1-3-4-7(8(13)14)11-9(15)12-10(2)5-6-10/h1,7H,4-6H2,2H3,(H,13,14)(H2,11,12,15). The fourth-order valence-electron chi connectivity index (χ4n) is 1.10. The molecule has 0 spiro atoms. The zero-order chi connectivity index (χ0) is 11.5. The van der Waals surface area contributed by atoms with E-state index in [2.05, 4.69) is 16.6 Å². The van der Waals surface area contributed by atoms with E-state index >= 15 is 0 Å². The maximum Gasteiger partial charge on any atom is 0.327 e. The van der Waals surface area contributed by atoms with Crippen molar-refractivity contribution in [2.24, 2.45) is 0 Å². The molecule has 3 N–H and O–H groups in total. The topological polar surface area (TPSA) is 78.4 Å². The Kier molecular flexibility index (Phi) is 3.20. The molecule has 1 unspecified atom stereocenters. The van der Waals surface area contributed by atoms with E-state index in [9.17, 15) is 9.59 Å². The molecule has 0 aromatic rings. The van der Waals surface area contributed by atoms with Gasteiger partial charge in [0, 0.05) is 12.0 Å². The van der Waals surface area contributed by atoms with Crippen molar-refractivity contribution in [3.8, 4) is 12.3 Å². The molecule has 82 valence electrons. The molecule has 0 saturated heterocycles. The van der Waals surface area contributed by atoms with Gasteiger partial charge >= 0.3 is 12.0 Å². The van der Waals surface area contributed by atoms with Crippen LogP contribution in [0.3, 0.4) is 0 Å². The fraction of sp³-hybridized carbons (Fsp3) is 0.600. The average molecular weight is 210 g/mol. The number of urea groups is 1. The van der Waals surface area contributed by atoms with E-state index in [0.29, 0.717) is 0 Å². The summed E-state index contributed by atoms with van der Waals surface area (Å²) in [6.45, 7) is 1.91. The Balaban J connectivity index is 2.40. The third kappa shape index (κ3) is 3.50. The van der Waals surface area contributed by atoms with Crippen molar-refractivity contribution in [3.05, 3.63) is 0 Å². The first kappa shape index (κ1) is 11.4. The van der Waals surface area contributed by atoms with Crippen LogP contribution in [0.25, 0.3) is 0 Å². The van der Waals surface area contributed by atoms with Gasteiger partial charge in [0.1, 0.15) is 6.04 Å². The molecule has 1 rings (SSSR count). The minimum Gasteiger partial charge on any atom is -0.480 e. The highest BCUT2D eigenvalue weighted by Crippen LogP contribution is 2.33. The third-order valence-electron chi connectivity index (χ3n) is 2.34. The third-order valence-corrected chi connectivity index (χ3v) is 2.34. The summed E-state index contributed by atoms with van der Waals surface area (Å²) in [5.41, 5.74) is -0.163. The molecule has 15 heavy (non-hydrogen) atoms. The predicted octanol–water partition coefficient (Wildman–Crippen LogP) is 0.315. The second-order valence-corrected chi connectivity index (χ2v) is 3.96. The first-order chi connectivity index (χ1) is 6.97. The minimum atomic E-state index is -1.12. The molecule has 0 aromatic heterocycles. The number of carbonyl (C=O) groups is 2. The highest BCUT2D eigenvalue weighted by Gasteiger charge is 2.39. The van der Waals surface area contributed by atoms with E-state index in [-0.39, 0.29) is 12.0 Å². The lowest BCUT2D eigenvalue weighted by Crippen LogP contribution is -2.49. The summed E-state index contributed by atoms with van der Waals surface area (Å²) in [6.07, 6.45) is 6.83.